The molecule has 5 nitrogen and oxygen atoms in total. The number of ether oxygens (including phenoxy) is 1. The Morgan fingerprint density at radius 1 is 1.12 bits per heavy atom. The number of rotatable bonds is 4. The van der Waals surface area contributed by atoms with Gasteiger partial charge in [-0.3, -0.25) is 4.79 Å². The molecule has 1 fully saturated rings. The van der Waals surface area contributed by atoms with E-state index < -0.39 is 15.9 Å². The Morgan fingerprint density at radius 3 is 2.33 bits per heavy atom. The molecule has 24 heavy (non-hydrogen) atoms. The van der Waals surface area contributed by atoms with Crippen LogP contribution in [0.5, 0.6) is 5.75 Å². The maximum atomic E-state index is 13.1. The van der Waals surface area contributed by atoms with Crippen LogP contribution in [0, 0.1) is 5.92 Å². The monoisotopic (exact) mass is 349 g/mol. The lowest BCUT2D eigenvalue weighted by Crippen LogP contribution is -2.44. The second-order valence-electron chi connectivity index (χ2n) is 6.47. The Bertz CT molecular complexity index is 718. The summed E-state index contributed by atoms with van der Waals surface area (Å²) >= 11 is 0. The van der Waals surface area contributed by atoms with E-state index in [1.165, 1.54) is 11.8 Å². The SMILES string of the molecule is COc1ccc(N(C(=O)C2CCCCC2)[C@@H]2C=CS(=O)(=O)C2)cc1. The van der Waals surface area contributed by atoms with Gasteiger partial charge in [-0.25, -0.2) is 8.42 Å². The molecule has 0 bridgehead atoms. The topological polar surface area (TPSA) is 63.7 Å². The van der Waals surface area contributed by atoms with Crippen LogP contribution in [-0.2, 0) is 14.6 Å². The molecule has 0 unspecified atom stereocenters. The Hall–Kier alpha value is -1.82. The third-order valence-corrected chi connectivity index (χ3v) is 6.16. The fourth-order valence-electron chi connectivity index (χ4n) is 3.49. The Balaban J connectivity index is 1.90. The first-order valence-electron chi connectivity index (χ1n) is 8.38. The minimum Gasteiger partial charge on any atom is -0.497 e. The first-order valence-corrected chi connectivity index (χ1v) is 10.1. The zero-order chi connectivity index (χ0) is 17.2. The van der Waals surface area contributed by atoms with Crippen LogP contribution >= 0.6 is 0 Å². The number of nitrogens with zero attached hydrogens (tertiary/aromatic N) is 1. The van der Waals surface area contributed by atoms with E-state index in [1.807, 2.05) is 12.1 Å². The summed E-state index contributed by atoms with van der Waals surface area (Å²) in [6, 6.07) is 6.79. The summed E-state index contributed by atoms with van der Waals surface area (Å²) in [6.45, 7) is 0. The molecule has 1 aromatic carbocycles. The zero-order valence-corrected chi connectivity index (χ0v) is 14.7. The second-order valence-corrected chi connectivity index (χ2v) is 8.40. The summed E-state index contributed by atoms with van der Waals surface area (Å²) < 4.78 is 28.8. The Kier molecular flexibility index (Phi) is 4.94. The van der Waals surface area contributed by atoms with E-state index in [9.17, 15) is 13.2 Å². The number of anilines is 1. The zero-order valence-electron chi connectivity index (χ0n) is 13.8. The second kappa shape index (κ2) is 6.97. The van der Waals surface area contributed by atoms with Crippen molar-refractivity contribution < 1.29 is 17.9 Å². The molecule has 1 saturated carbocycles. The molecule has 0 N–H and O–H groups in total. The molecule has 1 aromatic rings. The van der Waals surface area contributed by atoms with E-state index in [0.29, 0.717) is 5.75 Å². The average Bonchev–Trinajstić information content (AvgIpc) is 2.96. The predicted molar refractivity (Wildman–Crippen MR) is 93.8 cm³/mol. The van der Waals surface area contributed by atoms with Gasteiger partial charge in [0.25, 0.3) is 0 Å². The van der Waals surface area contributed by atoms with Gasteiger partial charge in [0.05, 0.1) is 18.9 Å². The minimum absolute atomic E-state index is 0.0162. The molecule has 1 aliphatic carbocycles. The Labute approximate surface area is 143 Å². The van der Waals surface area contributed by atoms with E-state index in [1.54, 1.807) is 30.2 Å². The molecule has 0 saturated heterocycles. The molecule has 0 aromatic heterocycles. The number of benzene rings is 1. The van der Waals surface area contributed by atoms with Crippen LogP contribution in [0.2, 0.25) is 0 Å². The quantitative estimate of drug-likeness (QED) is 0.838. The van der Waals surface area contributed by atoms with Crippen molar-refractivity contribution in [2.24, 2.45) is 5.92 Å². The maximum Gasteiger partial charge on any atom is 0.230 e. The van der Waals surface area contributed by atoms with Gasteiger partial charge in [-0.2, -0.15) is 0 Å². The highest BCUT2D eigenvalue weighted by molar-refractivity contribution is 7.94. The van der Waals surface area contributed by atoms with Gasteiger partial charge in [0.15, 0.2) is 9.84 Å². The van der Waals surface area contributed by atoms with Gasteiger partial charge >= 0.3 is 0 Å². The smallest absolute Gasteiger partial charge is 0.230 e. The number of sulfone groups is 1. The molecule has 1 aliphatic heterocycles. The highest BCUT2D eigenvalue weighted by atomic mass is 32.2. The molecule has 2 aliphatic rings. The number of amides is 1. The predicted octanol–water partition coefficient (Wildman–Crippen LogP) is 2.92. The van der Waals surface area contributed by atoms with Crippen LogP contribution in [0.15, 0.2) is 35.7 Å². The van der Waals surface area contributed by atoms with E-state index in [-0.39, 0.29) is 17.6 Å². The molecule has 1 atom stereocenters. The number of hydrogen-bond acceptors (Lipinski definition) is 4. The van der Waals surface area contributed by atoms with Crippen molar-refractivity contribution in [2.75, 3.05) is 17.8 Å². The van der Waals surface area contributed by atoms with Crippen molar-refractivity contribution in [3.8, 4) is 5.75 Å². The van der Waals surface area contributed by atoms with Gasteiger partial charge in [-0.1, -0.05) is 19.3 Å². The summed E-state index contributed by atoms with van der Waals surface area (Å²) in [7, 11) is -1.64. The average molecular weight is 349 g/mol. The van der Waals surface area contributed by atoms with Crippen molar-refractivity contribution in [3.63, 3.8) is 0 Å². The van der Waals surface area contributed by atoms with Gasteiger partial charge in [-0.05, 0) is 43.2 Å². The number of carbonyl (C=O) groups excluding carboxylic acids is 1. The van der Waals surface area contributed by atoms with Gasteiger partial charge < -0.3 is 9.64 Å². The number of hydrogen-bond donors (Lipinski definition) is 0. The molecule has 0 radical (unpaired) electrons. The molecule has 130 valence electrons. The van der Waals surface area contributed by atoms with E-state index in [0.717, 1.165) is 31.4 Å². The molecule has 1 amide bonds. The summed E-state index contributed by atoms with van der Waals surface area (Å²) in [4.78, 5) is 14.8. The Morgan fingerprint density at radius 2 is 1.79 bits per heavy atom. The summed E-state index contributed by atoms with van der Waals surface area (Å²) in [5.74, 6) is 0.680. The standard InChI is InChI=1S/C18H23NO4S/c1-23-17-9-7-15(8-10-17)19(16-11-12-24(21,22)13-16)18(20)14-5-3-2-4-6-14/h7-12,14,16H,2-6,13H2,1H3/t16-/m1/s1. The normalized spacial score (nSPS) is 23.1. The third kappa shape index (κ3) is 3.64. The molecule has 1 heterocycles. The first-order chi connectivity index (χ1) is 11.5. The minimum atomic E-state index is -3.22. The van der Waals surface area contributed by atoms with Crippen LogP contribution < -0.4 is 9.64 Å². The molecular weight excluding hydrogens is 326 g/mol. The third-order valence-electron chi connectivity index (χ3n) is 4.79. The van der Waals surface area contributed by atoms with Crippen molar-refractivity contribution in [1.82, 2.24) is 0 Å². The van der Waals surface area contributed by atoms with E-state index in [4.69, 9.17) is 4.74 Å². The highest BCUT2D eigenvalue weighted by Gasteiger charge is 2.35. The van der Waals surface area contributed by atoms with Gasteiger partial charge in [0.2, 0.25) is 5.91 Å². The van der Waals surface area contributed by atoms with E-state index in [2.05, 4.69) is 0 Å². The van der Waals surface area contributed by atoms with E-state index >= 15 is 0 Å². The largest absolute Gasteiger partial charge is 0.497 e. The van der Waals surface area contributed by atoms with Crippen molar-refractivity contribution in [2.45, 2.75) is 38.1 Å². The van der Waals surface area contributed by atoms with Crippen LogP contribution in [0.25, 0.3) is 0 Å². The van der Waals surface area contributed by atoms with Gasteiger partial charge in [-0.15, -0.1) is 0 Å². The number of carbonyl (C=O) groups is 1. The van der Waals surface area contributed by atoms with Crippen molar-refractivity contribution in [1.29, 1.82) is 0 Å². The van der Waals surface area contributed by atoms with Crippen molar-refractivity contribution in [3.05, 3.63) is 35.7 Å². The van der Waals surface area contributed by atoms with Crippen molar-refractivity contribution >= 4 is 21.4 Å². The summed E-state index contributed by atoms with van der Waals surface area (Å²) in [5, 5.41) is 1.22. The summed E-state index contributed by atoms with van der Waals surface area (Å²) in [6.07, 6.45) is 6.69. The van der Waals surface area contributed by atoms with Crippen LogP contribution in [-0.4, -0.2) is 33.2 Å². The van der Waals surface area contributed by atoms with Crippen LogP contribution in [0.3, 0.4) is 0 Å². The first kappa shape index (κ1) is 17.0. The van der Waals surface area contributed by atoms with Crippen LogP contribution in [0.1, 0.15) is 32.1 Å². The lowest BCUT2D eigenvalue weighted by molar-refractivity contribution is -0.123. The van der Waals surface area contributed by atoms with Gasteiger partial charge in [0, 0.05) is 17.0 Å². The van der Waals surface area contributed by atoms with Gasteiger partial charge in [0.1, 0.15) is 5.75 Å². The highest BCUT2D eigenvalue weighted by Crippen LogP contribution is 2.31. The molecular formula is C18H23NO4S. The molecule has 3 rings (SSSR count). The maximum absolute atomic E-state index is 13.1. The fraction of sp³-hybridized carbons (Fsp3) is 0.500. The summed E-state index contributed by atoms with van der Waals surface area (Å²) in [5.41, 5.74) is 0.720. The number of methoxy groups -OCH3 is 1. The fourth-order valence-corrected chi connectivity index (χ4v) is 4.76. The lowest BCUT2D eigenvalue weighted by Gasteiger charge is -2.32. The lowest BCUT2D eigenvalue weighted by atomic mass is 9.88. The van der Waals surface area contributed by atoms with Crippen LogP contribution in [0.4, 0.5) is 5.69 Å². The molecule has 6 heteroatoms. The molecule has 0 spiro atoms.